The quantitative estimate of drug-likeness (QED) is 0.469. The van der Waals surface area contributed by atoms with E-state index < -0.39 is 33.2 Å². The van der Waals surface area contributed by atoms with Gasteiger partial charge in [0.25, 0.3) is 0 Å². The second kappa shape index (κ2) is 9.43. The van der Waals surface area contributed by atoms with Crippen LogP contribution in [-0.4, -0.2) is 38.8 Å². The molecule has 31 heavy (non-hydrogen) atoms. The lowest BCUT2D eigenvalue weighted by Gasteiger charge is -2.31. The average Bonchev–Trinajstić information content (AvgIpc) is 2.63. The second-order valence-electron chi connectivity index (χ2n) is 7.54. The van der Waals surface area contributed by atoms with Gasteiger partial charge in [0.1, 0.15) is 18.0 Å². The smallest absolute Gasteiger partial charge is 0.303 e. The van der Waals surface area contributed by atoms with Crippen molar-refractivity contribution < 1.29 is 31.9 Å². The first-order valence-corrected chi connectivity index (χ1v) is 11.3. The summed E-state index contributed by atoms with van der Waals surface area (Å²) in [6.07, 6.45) is 1.10. The number of sulfone groups is 1. The largest absolute Gasteiger partial charge is 0.461 e. The van der Waals surface area contributed by atoms with Crippen LogP contribution < -0.4 is 0 Å². The van der Waals surface area contributed by atoms with Gasteiger partial charge in [0.2, 0.25) is 0 Å². The lowest BCUT2D eigenvalue weighted by Crippen LogP contribution is -2.30. The van der Waals surface area contributed by atoms with E-state index in [2.05, 4.69) is 0 Å². The van der Waals surface area contributed by atoms with Crippen molar-refractivity contribution >= 4 is 32.9 Å². The molecule has 0 radical (unpaired) electrons. The molecule has 0 aromatic heterocycles. The highest BCUT2D eigenvalue weighted by Crippen LogP contribution is 2.38. The summed E-state index contributed by atoms with van der Waals surface area (Å²) in [5.41, 5.74) is 0.636. The molecule has 0 fully saturated rings. The third-order valence-corrected chi connectivity index (χ3v) is 5.60. The first kappa shape index (κ1) is 24.3. The summed E-state index contributed by atoms with van der Waals surface area (Å²) in [5.74, 6) is -1.57. The number of hydrogen-bond acceptors (Lipinski definition) is 6. The van der Waals surface area contributed by atoms with Crippen molar-refractivity contribution in [1.29, 1.82) is 0 Å². The molecule has 0 saturated carbocycles. The van der Waals surface area contributed by atoms with Crippen molar-refractivity contribution in [2.75, 3.05) is 12.9 Å². The topological polar surface area (TPSA) is 86.7 Å². The number of rotatable bonds is 7. The average molecular weight is 449 g/mol. The molecule has 0 saturated heterocycles. The van der Waals surface area contributed by atoms with E-state index in [1.165, 1.54) is 44.2 Å². The zero-order chi connectivity index (χ0) is 23.4. The van der Waals surface area contributed by atoms with Crippen LogP contribution in [0.15, 0.2) is 53.4 Å². The van der Waals surface area contributed by atoms with Crippen LogP contribution in [0.3, 0.4) is 0 Å². The summed E-state index contributed by atoms with van der Waals surface area (Å²) in [5, 5.41) is 0. The van der Waals surface area contributed by atoms with Gasteiger partial charge in [0.05, 0.1) is 4.90 Å². The Morgan fingerprint density at radius 1 is 0.968 bits per heavy atom. The summed E-state index contributed by atoms with van der Waals surface area (Å²) >= 11 is 0. The molecule has 166 valence electrons. The van der Waals surface area contributed by atoms with E-state index in [-0.39, 0.29) is 11.5 Å². The minimum atomic E-state index is -3.42. The fourth-order valence-electron chi connectivity index (χ4n) is 3.31. The van der Waals surface area contributed by atoms with Crippen LogP contribution >= 0.6 is 0 Å². The SMILES string of the molecule is CC(=O)OC/C(=C(/c1ccc(S(C)(=O)=O)cc1)C(C)(C)OC(C)=O)c1cccc(F)c1. The van der Waals surface area contributed by atoms with E-state index in [0.717, 1.165) is 6.26 Å². The lowest BCUT2D eigenvalue weighted by atomic mass is 9.84. The van der Waals surface area contributed by atoms with Crippen LogP contribution in [0.25, 0.3) is 11.1 Å². The molecular formula is C23H25FO6S. The van der Waals surface area contributed by atoms with Gasteiger partial charge in [0, 0.05) is 31.2 Å². The Morgan fingerprint density at radius 2 is 1.58 bits per heavy atom. The summed E-state index contributed by atoms with van der Waals surface area (Å²) in [4.78, 5) is 23.4. The van der Waals surface area contributed by atoms with Crippen molar-refractivity contribution in [2.24, 2.45) is 0 Å². The number of ether oxygens (including phenoxy) is 2. The first-order valence-electron chi connectivity index (χ1n) is 9.44. The zero-order valence-electron chi connectivity index (χ0n) is 18.1. The summed E-state index contributed by atoms with van der Waals surface area (Å²) < 4.78 is 48.5. The van der Waals surface area contributed by atoms with Crippen molar-refractivity contribution in [2.45, 2.75) is 38.2 Å². The number of esters is 2. The Hall–Kier alpha value is -3.00. The van der Waals surface area contributed by atoms with Crippen LogP contribution in [0.4, 0.5) is 4.39 Å². The van der Waals surface area contributed by atoms with Crippen LogP contribution in [0.1, 0.15) is 38.8 Å². The monoisotopic (exact) mass is 448 g/mol. The molecule has 0 unspecified atom stereocenters. The normalized spacial score (nSPS) is 12.7. The standard InChI is InChI=1S/C23H25FO6S/c1-15(25)29-14-21(18-7-6-8-19(24)13-18)22(23(3,4)30-16(2)26)17-9-11-20(12-10-17)31(5,27)28/h6-13H,14H2,1-5H3/b22-21+. The molecule has 0 amide bonds. The van der Waals surface area contributed by atoms with Gasteiger partial charge in [-0.1, -0.05) is 24.3 Å². The van der Waals surface area contributed by atoms with Gasteiger partial charge in [-0.3, -0.25) is 9.59 Å². The molecule has 6 nitrogen and oxygen atoms in total. The van der Waals surface area contributed by atoms with Gasteiger partial charge in [-0.15, -0.1) is 0 Å². The molecule has 2 aromatic rings. The van der Waals surface area contributed by atoms with Crippen LogP contribution in [-0.2, 0) is 28.9 Å². The maximum absolute atomic E-state index is 14.0. The second-order valence-corrected chi connectivity index (χ2v) is 9.56. The third kappa shape index (κ3) is 6.49. The highest BCUT2D eigenvalue weighted by molar-refractivity contribution is 7.90. The van der Waals surface area contributed by atoms with Crippen LogP contribution in [0.2, 0.25) is 0 Å². The Morgan fingerprint density at radius 3 is 2.06 bits per heavy atom. The molecule has 0 atom stereocenters. The highest BCUT2D eigenvalue weighted by atomic mass is 32.2. The summed E-state index contributed by atoms with van der Waals surface area (Å²) in [6.45, 7) is 5.62. The zero-order valence-corrected chi connectivity index (χ0v) is 18.9. The Balaban J connectivity index is 2.83. The molecule has 8 heteroatoms. The Bertz CT molecular complexity index is 1120. The minimum absolute atomic E-state index is 0.119. The van der Waals surface area contributed by atoms with Gasteiger partial charge in [-0.25, -0.2) is 12.8 Å². The molecule has 0 aliphatic rings. The van der Waals surface area contributed by atoms with Gasteiger partial charge in [-0.05, 0) is 49.2 Å². The number of hydrogen-bond donors (Lipinski definition) is 0. The summed E-state index contributed by atoms with van der Waals surface area (Å²) in [6, 6.07) is 11.7. The van der Waals surface area contributed by atoms with Crippen molar-refractivity contribution in [1.82, 2.24) is 0 Å². The van der Waals surface area contributed by atoms with E-state index >= 15 is 0 Å². The fraction of sp³-hybridized carbons (Fsp3) is 0.304. The Kier molecular flexibility index (Phi) is 7.38. The van der Waals surface area contributed by atoms with E-state index in [9.17, 15) is 22.4 Å². The minimum Gasteiger partial charge on any atom is -0.461 e. The van der Waals surface area contributed by atoms with Crippen molar-refractivity contribution in [3.63, 3.8) is 0 Å². The van der Waals surface area contributed by atoms with Gasteiger partial charge in [-0.2, -0.15) is 0 Å². The van der Waals surface area contributed by atoms with E-state index in [1.807, 2.05) is 0 Å². The number of halogens is 1. The maximum Gasteiger partial charge on any atom is 0.303 e. The molecule has 0 aliphatic carbocycles. The predicted octanol–water partition coefficient (Wildman–Crippen LogP) is 4.04. The van der Waals surface area contributed by atoms with E-state index in [1.54, 1.807) is 32.0 Å². The number of carbonyl (C=O) groups excluding carboxylic acids is 2. The summed E-state index contributed by atoms with van der Waals surface area (Å²) in [7, 11) is -3.42. The van der Waals surface area contributed by atoms with Gasteiger partial charge in [0.15, 0.2) is 9.84 Å². The first-order chi connectivity index (χ1) is 14.3. The molecule has 0 spiro atoms. The van der Waals surface area contributed by atoms with Crippen molar-refractivity contribution in [3.8, 4) is 0 Å². The van der Waals surface area contributed by atoms with E-state index in [0.29, 0.717) is 22.3 Å². The molecule has 0 heterocycles. The number of carbonyl (C=O) groups is 2. The molecular weight excluding hydrogens is 423 g/mol. The lowest BCUT2D eigenvalue weighted by molar-refractivity contribution is -0.149. The van der Waals surface area contributed by atoms with Crippen LogP contribution in [0, 0.1) is 5.82 Å². The third-order valence-electron chi connectivity index (χ3n) is 4.47. The fourth-order valence-corrected chi connectivity index (χ4v) is 3.94. The molecule has 2 rings (SSSR count). The molecule has 0 N–H and O–H groups in total. The maximum atomic E-state index is 14.0. The Labute approximate surface area is 181 Å². The predicted molar refractivity (Wildman–Crippen MR) is 115 cm³/mol. The van der Waals surface area contributed by atoms with Gasteiger partial charge < -0.3 is 9.47 Å². The van der Waals surface area contributed by atoms with Crippen LogP contribution in [0.5, 0.6) is 0 Å². The number of benzene rings is 2. The molecule has 0 aliphatic heterocycles. The van der Waals surface area contributed by atoms with E-state index in [4.69, 9.17) is 9.47 Å². The van der Waals surface area contributed by atoms with Crippen molar-refractivity contribution in [3.05, 3.63) is 65.5 Å². The molecule has 2 aromatic carbocycles. The highest BCUT2D eigenvalue weighted by Gasteiger charge is 2.32. The molecule has 0 bridgehead atoms. The van der Waals surface area contributed by atoms with Gasteiger partial charge >= 0.3 is 11.9 Å².